The van der Waals surface area contributed by atoms with Gasteiger partial charge in [0.15, 0.2) is 5.78 Å². The van der Waals surface area contributed by atoms with E-state index in [1.165, 1.54) is 64.2 Å². The lowest BCUT2D eigenvalue weighted by atomic mass is 9.88. The van der Waals surface area contributed by atoms with Crippen molar-refractivity contribution < 1.29 is 19.2 Å². The summed E-state index contributed by atoms with van der Waals surface area (Å²) in [5.41, 5.74) is 13.3. The fourth-order valence-electron chi connectivity index (χ4n) is 6.89. The summed E-state index contributed by atoms with van der Waals surface area (Å²) < 4.78 is 0. The van der Waals surface area contributed by atoms with Gasteiger partial charge in [0.2, 0.25) is 11.8 Å². The monoisotopic (exact) mass is 681 g/mol. The second kappa shape index (κ2) is 25.0. The maximum Gasteiger partial charge on any atom is 0.224 e. The number of hydrogen-bond donors (Lipinski definition) is 4. The summed E-state index contributed by atoms with van der Waals surface area (Å²) in [4.78, 5) is 56.2. The Morgan fingerprint density at radius 2 is 1.39 bits per heavy atom. The summed E-state index contributed by atoms with van der Waals surface area (Å²) in [6, 6.07) is 7.18. The van der Waals surface area contributed by atoms with E-state index in [0.29, 0.717) is 38.6 Å². The van der Waals surface area contributed by atoms with Gasteiger partial charge in [-0.15, -0.1) is 0 Å². The molecule has 2 rings (SSSR count). The van der Waals surface area contributed by atoms with Crippen molar-refractivity contribution in [3.05, 3.63) is 36.0 Å². The summed E-state index contributed by atoms with van der Waals surface area (Å²) in [6.45, 7) is 6.73. The van der Waals surface area contributed by atoms with E-state index < -0.39 is 23.8 Å². The number of H-pyrrole nitrogens is 1. The minimum absolute atomic E-state index is 0.00776. The van der Waals surface area contributed by atoms with Crippen molar-refractivity contribution in [3.8, 4) is 0 Å². The molecular formula is C41H68N4O4. The van der Waals surface area contributed by atoms with Gasteiger partial charge in [-0.25, -0.2) is 0 Å². The first-order valence-corrected chi connectivity index (χ1v) is 19.5. The molecule has 0 aliphatic heterocycles. The summed E-state index contributed by atoms with van der Waals surface area (Å²) in [7, 11) is 0. The van der Waals surface area contributed by atoms with Crippen molar-refractivity contribution in [2.45, 2.75) is 162 Å². The molecule has 0 fully saturated rings. The van der Waals surface area contributed by atoms with E-state index in [2.05, 4.69) is 17.2 Å². The van der Waals surface area contributed by atoms with Crippen LogP contribution in [0.1, 0.15) is 155 Å². The third kappa shape index (κ3) is 17.5. The van der Waals surface area contributed by atoms with Crippen LogP contribution >= 0.6 is 0 Å². The van der Waals surface area contributed by atoms with E-state index >= 15 is 0 Å². The van der Waals surface area contributed by atoms with Gasteiger partial charge in [-0.2, -0.15) is 0 Å². The van der Waals surface area contributed by atoms with Crippen LogP contribution in [0.5, 0.6) is 0 Å². The molecule has 49 heavy (non-hydrogen) atoms. The highest BCUT2D eigenvalue weighted by atomic mass is 16.2. The molecule has 0 saturated carbocycles. The van der Waals surface area contributed by atoms with E-state index in [4.69, 9.17) is 11.5 Å². The smallest absolute Gasteiger partial charge is 0.224 e. The molecule has 0 saturated heterocycles. The number of aromatic nitrogens is 1. The van der Waals surface area contributed by atoms with Crippen LogP contribution in [0.3, 0.4) is 0 Å². The lowest BCUT2D eigenvalue weighted by Gasteiger charge is -2.24. The molecule has 2 amide bonds. The highest BCUT2D eigenvalue weighted by Gasteiger charge is 2.30. The van der Waals surface area contributed by atoms with Crippen molar-refractivity contribution in [1.82, 2.24) is 10.3 Å². The minimum Gasteiger partial charge on any atom is -0.369 e. The summed E-state index contributed by atoms with van der Waals surface area (Å²) in [5.74, 6) is -1.89. The molecule has 3 atom stereocenters. The van der Waals surface area contributed by atoms with Crippen LogP contribution in [0.15, 0.2) is 30.5 Å². The van der Waals surface area contributed by atoms with E-state index in [0.717, 1.165) is 42.1 Å². The van der Waals surface area contributed by atoms with Gasteiger partial charge in [-0.1, -0.05) is 116 Å². The number of nitrogens with two attached hydrogens (primary N) is 2. The number of aromatic amines is 1. The average molecular weight is 681 g/mol. The maximum absolute atomic E-state index is 13.9. The molecule has 0 radical (unpaired) electrons. The largest absolute Gasteiger partial charge is 0.369 e. The topological polar surface area (TPSA) is 148 Å². The first-order chi connectivity index (χ1) is 23.7. The Labute approximate surface area is 296 Å². The van der Waals surface area contributed by atoms with E-state index in [1.54, 1.807) is 0 Å². The maximum atomic E-state index is 13.9. The summed E-state index contributed by atoms with van der Waals surface area (Å²) in [5, 5.41) is 4.04. The van der Waals surface area contributed by atoms with Gasteiger partial charge >= 0.3 is 0 Å². The number of hydrogen-bond acceptors (Lipinski definition) is 5. The first kappa shape index (κ1) is 42.2. The molecule has 0 spiro atoms. The molecule has 1 heterocycles. The SMILES string of the molecule is CCCCCCCCCCCCCCCC(=O)C[C@H](Cc1c[nH]c2ccccc12)C(=O)N[C@@H](CCCCN)C(=O)C[C@@H](CC(C)C)C(N)=O. The molecule has 0 unspecified atom stereocenters. The van der Waals surface area contributed by atoms with Crippen LogP contribution in [0, 0.1) is 17.8 Å². The molecule has 1 aromatic heterocycles. The Balaban J connectivity index is 1.99. The number of unbranched alkanes of at least 4 members (excludes halogenated alkanes) is 13. The van der Waals surface area contributed by atoms with E-state index in [1.807, 2.05) is 44.3 Å². The third-order valence-corrected chi connectivity index (χ3v) is 9.80. The van der Waals surface area contributed by atoms with Gasteiger partial charge < -0.3 is 21.8 Å². The van der Waals surface area contributed by atoms with Crippen LogP contribution in [-0.4, -0.2) is 41.0 Å². The number of para-hydroxylation sites is 1. The summed E-state index contributed by atoms with van der Waals surface area (Å²) >= 11 is 0. The first-order valence-electron chi connectivity index (χ1n) is 19.5. The number of carbonyl (C=O) groups excluding carboxylic acids is 4. The van der Waals surface area contributed by atoms with Crippen LogP contribution < -0.4 is 16.8 Å². The van der Waals surface area contributed by atoms with Crippen LogP contribution in [-0.2, 0) is 25.6 Å². The molecule has 0 aliphatic carbocycles. The van der Waals surface area contributed by atoms with Crippen LogP contribution in [0.25, 0.3) is 10.9 Å². The molecule has 0 bridgehead atoms. The quantitative estimate of drug-likeness (QED) is 0.0611. The number of fused-ring (bicyclic) bond motifs is 1. The molecule has 2 aromatic rings. The van der Waals surface area contributed by atoms with E-state index in [-0.39, 0.29) is 36.2 Å². The highest BCUT2D eigenvalue weighted by Crippen LogP contribution is 2.24. The van der Waals surface area contributed by atoms with Crippen molar-refractivity contribution in [2.75, 3.05) is 6.54 Å². The Bertz CT molecular complexity index is 1240. The van der Waals surface area contributed by atoms with Crippen LogP contribution in [0.4, 0.5) is 0 Å². The number of Topliss-reactive ketones (excluding diaryl/α,β-unsaturated/α-hetero) is 2. The van der Waals surface area contributed by atoms with Gasteiger partial charge in [-0.05, 0) is 62.6 Å². The van der Waals surface area contributed by atoms with Crippen molar-refractivity contribution in [1.29, 1.82) is 0 Å². The van der Waals surface area contributed by atoms with Gasteiger partial charge in [-0.3, -0.25) is 19.2 Å². The zero-order valence-corrected chi connectivity index (χ0v) is 31.0. The van der Waals surface area contributed by atoms with Gasteiger partial charge in [0.25, 0.3) is 0 Å². The van der Waals surface area contributed by atoms with E-state index in [9.17, 15) is 19.2 Å². The van der Waals surface area contributed by atoms with Crippen LogP contribution in [0.2, 0.25) is 0 Å². The fourth-order valence-corrected chi connectivity index (χ4v) is 6.89. The number of nitrogens with one attached hydrogen (secondary N) is 2. The van der Waals surface area contributed by atoms with Crippen molar-refractivity contribution in [3.63, 3.8) is 0 Å². The Morgan fingerprint density at radius 3 is 1.98 bits per heavy atom. The zero-order chi connectivity index (χ0) is 35.9. The molecule has 1 aromatic carbocycles. The summed E-state index contributed by atoms with van der Waals surface area (Å²) in [6.07, 6.45) is 21.4. The molecule has 276 valence electrons. The standard InChI is InChI=1S/C41H68N4O4/c1-4-5-6-7-8-9-10-11-12-13-14-15-16-21-35(46)28-33(27-34-30-44-37-23-18-17-22-36(34)37)41(49)45-38(24-19-20-25-42)39(47)29-32(40(43)48)26-31(2)3/h17-18,22-23,30-33,38,44H,4-16,19-21,24-29,42H2,1-3H3,(H2,43,48)(H,45,49)/t32-,33+,38+/m1/s1. The molecule has 0 aliphatic rings. The Kier molecular flexibility index (Phi) is 21.5. The van der Waals surface area contributed by atoms with Crippen molar-refractivity contribution >= 4 is 34.3 Å². The van der Waals surface area contributed by atoms with Gasteiger partial charge in [0, 0.05) is 48.2 Å². The average Bonchev–Trinajstić information content (AvgIpc) is 3.48. The molecule has 8 heteroatoms. The third-order valence-electron chi connectivity index (χ3n) is 9.80. The highest BCUT2D eigenvalue weighted by molar-refractivity contribution is 5.94. The lowest BCUT2D eigenvalue weighted by Crippen LogP contribution is -2.45. The number of carbonyl (C=O) groups is 4. The Hall–Kier alpha value is -3.00. The Morgan fingerprint density at radius 1 is 0.776 bits per heavy atom. The predicted molar refractivity (Wildman–Crippen MR) is 202 cm³/mol. The lowest BCUT2D eigenvalue weighted by molar-refractivity contribution is -0.133. The normalized spacial score (nSPS) is 13.4. The minimum atomic E-state index is -0.755. The number of primary amides is 1. The molecule has 6 N–H and O–H groups in total. The number of ketones is 2. The molecule has 8 nitrogen and oxygen atoms in total. The number of rotatable bonds is 30. The van der Waals surface area contributed by atoms with Crippen molar-refractivity contribution in [2.24, 2.45) is 29.2 Å². The van der Waals surface area contributed by atoms with Gasteiger partial charge in [0.05, 0.1) is 6.04 Å². The fraction of sp³-hybridized carbons (Fsp3) is 0.707. The zero-order valence-electron chi connectivity index (χ0n) is 31.0. The molecular weight excluding hydrogens is 612 g/mol. The second-order valence-corrected chi connectivity index (χ2v) is 14.7. The predicted octanol–water partition coefficient (Wildman–Crippen LogP) is 8.49. The number of benzene rings is 1. The second-order valence-electron chi connectivity index (χ2n) is 14.7. The van der Waals surface area contributed by atoms with Gasteiger partial charge in [0.1, 0.15) is 5.78 Å². The number of amides is 2.